The van der Waals surface area contributed by atoms with Gasteiger partial charge in [0, 0.05) is 6.04 Å². The summed E-state index contributed by atoms with van der Waals surface area (Å²) in [5.74, 6) is -0.0896. The maximum Gasteiger partial charge on any atom is 0.323 e. The molecule has 1 heterocycles. The number of carbonyl (C=O) groups excluding carboxylic acids is 1. The zero-order chi connectivity index (χ0) is 12.8. The van der Waals surface area contributed by atoms with Gasteiger partial charge in [-0.25, -0.2) is 0 Å². The van der Waals surface area contributed by atoms with Gasteiger partial charge in [-0.2, -0.15) is 0 Å². The molecule has 1 aliphatic heterocycles. The van der Waals surface area contributed by atoms with Crippen LogP contribution in [0.25, 0.3) is 0 Å². The van der Waals surface area contributed by atoms with Crippen LogP contribution in [0, 0.1) is 0 Å². The molecule has 17 heavy (non-hydrogen) atoms. The summed E-state index contributed by atoms with van der Waals surface area (Å²) in [6, 6.07) is 0.457. The third-order valence-corrected chi connectivity index (χ3v) is 3.78. The van der Waals surface area contributed by atoms with Gasteiger partial charge in [-0.1, -0.05) is 13.8 Å². The molecule has 0 radical (unpaired) electrons. The van der Waals surface area contributed by atoms with E-state index in [1.165, 1.54) is 7.11 Å². The average molecular weight is 242 g/mol. The number of nitrogens with zero attached hydrogens (tertiary/aromatic N) is 2. The van der Waals surface area contributed by atoms with E-state index in [0.717, 1.165) is 38.9 Å². The highest BCUT2D eigenvalue weighted by atomic mass is 16.5. The van der Waals surface area contributed by atoms with Gasteiger partial charge in [0.2, 0.25) is 0 Å². The maximum absolute atomic E-state index is 11.8. The first-order valence-electron chi connectivity index (χ1n) is 6.66. The Bertz CT molecular complexity index is 238. The number of likely N-dealkylation sites (tertiary alicyclic amines) is 1. The first-order chi connectivity index (χ1) is 8.13. The van der Waals surface area contributed by atoms with Crippen molar-refractivity contribution >= 4 is 5.97 Å². The summed E-state index contributed by atoms with van der Waals surface area (Å²) in [5, 5.41) is 0. The Morgan fingerprint density at radius 3 is 2.41 bits per heavy atom. The Labute approximate surface area is 105 Å². The van der Waals surface area contributed by atoms with Crippen LogP contribution in [0.1, 0.15) is 33.1 Å². The lowest BCUT2D eigenvalue weighted by molar-refractivity contribution is -0.148. The highest BCUT2D eigenvalue weighted by molar-refractivity contribution is 5.75. The number of rotatable bonds is 5. The van der Waals surface area contributed by atoms with E-state index >= 15 is 0 Å². The molecule has 4 nitrogen and oxygen atoms in total. The van der Waals surface area contributed by atoms with Crippen LogP contribution in [0.4, 0.5) is 0 Å². The summed E-state index contributed by atoms with van der Waals surface area (Å²) in [6.07, 6.45) is 3.13. The van der Waals surface area contributed by atoms with Crippen LogP contribution in [0.2, 0.25) is 0 Å². The van der Waals surface area contributed by atoms with Crippen molar-refractivity contribution in [1.82, 2.24) is 9.80 Å². The molecule has 1 rings (SSSR count). The number of carbonyl (C=O) groups is 1. The van der Waals surface area contributed by atoms with Crippen LogP contribution in [0.5, 0.6) is 0 Å². The van der Waals surface area contributed by atoms with Gasteiger partial charge in [0.1, 0.15) is 6.04 Å². The van der Waals surface area contributed by atoms with Crippen LogP contribution in [0.3, 0.4) is 0 Å². The molecule has 0 N–H and O–H groups in total. The van der Waals surface area contributed by atoms with Crippen molar-refractivity contribution in [1.29, 1.82) is 0 Å². The molecule has 0 amide bonds. The van der Waals surface area contributed by atoms with E-state index in [1.807, 2.05) is 0 Å². The molecule has 0 aromatic heterocycles. The van der Waals surface area contributed by atoms with E-state index in [2.05, 4.69) is 30.7 Å². The van der Waals surface area contributed by atoms with Gasteiger partial charge in [0.05, 0.1) is 7.11 Å². The van der Waals surface area contributed by atoms with E-state index < -0.39 is 0 Å². The highest BCUT2D eigenvalue weighted by Crippen LogP contribution is 2.19. The lowest BCUT2D eigenvalue weighted by Gasteiger charge is -2.39. The molecule has 0 aromatic rings. The van der Waals surface area contributed by atoms with Gasteiger partial charge in [0.25, 0.3) is 0 Å². The highest BCUT2D eigenvalue weighted by Gasteiger charge is 2.31. The summed E-state index contributed by atoms with van der Waals surface area (Å²) in [7, 11) is 3.64. The minimum Gasteiger partial charge on any atom is -0.468 e. The fourth-order valence-corrected chi connectivity index (χ4v) is 2.73. The predicted molar refractivity (Wildman–Crippen MR) is 69.0 cm³/mol. The normalized spacial score (nSPS) is 20.5. The van der Waals surface area contributed by atoms with Crippen molar-refractivity contribution in [2.75, 3.05) is 33.8 Å². The summed E-state index contributed by atoms with van der Waals surface area (Å²) in [6.45, 7) is 7.35. The van der Waals surface area contributed by atoms with E-state index in [-0.39, 0.29) is 12.0 Å². The first-order valence-corrected chi connectivity index (χ1v) is 6.66. The number of hydrogen-bond acceptors (Lipinski definition) is 4. The number of likely N-dealkylation sites (N-methyl/N-ethyl adjacent to an activating group) is 1. The predicted octanol–water partition coefficient (Wildman–Crippen LogP) is 1.35. The largest absolute Gasteiger partial charge is 0.468 e. The number of piperidine rings is 1. The zero-order valence-electron chi connectivity index (χ0n) is 11.6. The molecule has 4 heteroatoms. The summed E-state index contributed by atoms with van der Waals surface area (Å²) in [5.41, 5.74) is 0. The minimum atomic E-state index is -0.0896. The number of ether oxygens (including phenoxy) is 1. The molecular formula is C13H26N2O2. The fraction of sp³-hybridized carbons (Fsp3) is 0.923. The molecule has 0 aromatic carbocycles. The van der Waals surface area contributed by atoms with Crippen molar-refractivity contribution in [3.8, 4) is 0 Å². The molecule has 0 saturated carbocycles. The summed E-state index contributed by atoms with van der Waals surface area (Å²) >= 11 is 0. The maximum atomic E-state index is 11.8. The van der Waals surface area contributed by atoms with Gasteiger partial charge >= 0.3 is 5.97 Å². The second kappa shape index (κ2) is 6.97. The summed E-state index contributed by atoms with van der Waals surface area (Å²) in [4.78, 5) is 16.4. The lowest BCUT2D eigenvalue weighted by Crippen LogP contribution is -2.51. The fourth-order valence-electron chi connectivity index (χ4n) is 2.73. The molecule has 1 fully saturated rings. The molecule has 0 spiro atoms. The molecule has 100 valence electrons. The van der Waals surface area contributed by atoms with Crippen LogP contribution in [0.15, 0.2) is 0 Å². The third-order valence-electron chi connectivity index (χ3n) is 3.78. The molecule has 0 unspecified atom stereocenters. The summed E-state index contributed by atoms with van der Waals surface area (Å²) < 4.78 is 4.91. The van der Waals surface area contributed by atoms with Crippen molar-refractivity contribution in [2.45, 2.75) is 45.2 Å². The molecule has 0 bridgehead atoms. The quantitative estimate of drug-likeness (QED) is 0.681. The number of esters is 1. The number of hydrogen-bond donors (Lipinski definition) is 0. The van der Waals surface area contributed by atoms with E-state index in [0.29, 0.717) is 6.04 Å². The zero-order valence-corrected chi connectivity index (χ0v) is 11.6. The average Bonchev–Trinajstić information content (AvgIpc) is 2.36. The Morgan fingerprint density at radius 1 is 1.41 bits per heavy atom. The van der Waals surface area contributed by atoms with Crippen LogP contribution < -0.4 is 0 Å². The van der Waals surface area contributed by atoms with E-state index in [4.69, 9.17) is 4.74 Å². The van der Waals surface area contributed by atoms with Crippen molar-refractivity contribution < 1.29 is 9.53 Å². The topological polar surface area (TPSA) is 32.8 Å². The third kappa shape index (κ3) is 3.68. The van der Waals surface area contributed by atoms with Crippen molar-refractivity contribution in [3.63, 3.8) is 0 Å². The molecule has 1 aliphatic rings. The van der Waals surface area contributed by atoms with Gasteiger partial charge in [-0.3, -0.25) is 9.69 Å². The Balaban J connectivity index is 2.65. The molecule has 1 atom stereocenters. The Hall–Kier alpha value is -0.610. The monoisotopic (exact) mass is 242 g/mol. The van der Waals surface area contributed by atoms with E-state index in [9.17, 15) is 4.79 Å². The van der Waals surface area contributed by atoms with Gasteiger partial charge in [-0.15, -0.1) is 0 Å². The van der Waals surface area contributed by atoms with E-state index in [1.54, 1.807) is 0 Å². The van der Waals surface area contributed by atoms with Gasteiger partial charge in [0.15, 0.2) is 0 Å². The minimum absolute atomic E-state index is 0.0709. The van der Waals surface area contributed by atoms with Crippen LogP contribution >= 0.6 is 0 Å². The Morgan fingerprint density at radius 2 is 2.00 bits per heavy atom. The molecule has 0 aliphatic carbocycles. The first kappa shape index (κ1) is 14.5. The van der Waals surface area contributed by atoms with Gasteiger partial charge < -0.3 is 9.64 Å². The number of methoxy groups -OCH3 is 1. The molecule has 1 saturated heterocycles. The second-order valence-corrected chi connectivity index (χ2v) is 4.81. The Kier molecular flexibility index (Phi) is 5.92. The van der Waals surface area contributed by atoms with Crippen molar-refractivity contribution in [2.24, 2.45) is 0 Å². The second-order valence-electron chi connectivity index (χ2n) is 4.81. The standard InChI is InChI=1S/C13H26N2O2/c1-5-12(13(16)17-4)15(6-2)11-7-9-14(3)10-8-11/h11-12H,5-10H2,1-4H3/t12-/m0/s1. The van der Waals surface area contributed by atoms with Crippen molar-refractivity contribution in [3.05, 3.63) is 0 Å². The van der Waals surface area contributed by atoms with Gasteiger partial charge in [-0.05, 0) is 45.9 Å². The smallest absolute Gasteiger partial charge is 0.323 e. The SMILES string of the molecule is CC[C@@H](C(=O)OC)N(CC)C1CCN(C)CC1. The lowest BCUT2D eigenvalue weighted by atomic mass is 10.0. The molecular weight excluding hydrogens is 216 g/mol. The van der Waals surface area contributed by atoms with Crippen LogP contribution in [-0.2, 0) is 9.53 Å². The van der Waals surface area contributed by atoms with Crippen LogP contribution in [-0.4, -0.2) is 61.6 Å².